The molecule has 106 valence electrons. The van der Waals surface area contributed by atoms with Crippen molar-refractivity contribution in [3.05, 3.63) is 28.4 Å². The van der Waals surface area contributed by atoms with E-state index in [1.54, 1.807) is 20.0 Å². The minimum atomic E-state index is -1.13. The summed E-state index contributed by atoms with van der Waals surface area (Å²) in [4.78, 5) is 11.0. The van der Waals surface area contributed by atoms with Gasteiger partial charge in [0.15, 0.2) is 17.2 Å². The van der Waals surface area contributed by atoms with E-state index in [1.165, 1.54) is 17.9 Å². The van der Waals surface area contributed by atoms with Crippen LogP contribution in [0, 0.1) is 6.92 Å². The van der Waals surface area contributed by atoms with Crippen molar-refractivity contribution in [2.24, 2.45) is 7.05 Å². The number of carboxylic acids is 1. The Bertz CT molecular complexity index is 694. The molecular weight excluding hydrogens is 284 g/mol. The van der Waals surface area contributed by atoms with Crippen LogP contribution in [0.5, 0.6) is 11.5 Å². The van der Waals surface area contributed by atoms with Gasteiger partial charge in [0.05, 0.1) is 17.8 Å². The Morgan fingerprint density at radius 3 is 2.60 bits per heavy atom. The maximum absolute atomic E-state index is 11.0. The number of halogens is 1. The molecule has 1 aromatic carbocycles. The number of benzene rings is 1. The maximum Gasteiger partial charge on any atom is 0.356 e. The number of aryl methyl sites for hydroxylation is 2. The maximum atomic E-state index is 11.0. The number of nitrogens with zero attached hydrogens (tertiary/aromatic N) is 2. The SMILES string of the molecule is COc1cc(C)c(-c2cc(C(=O)O)nn2C)c(Cl)c1O. The Kier molecular flexibility index (Phi) is 3.59. The highest BCUT2D eigenvalue weighted by Crippen LogP contribution is 2.43. The van der Waals surface area contributed by atoms with Gasteiger partial charge in [-0.05, 0) is 24.6 Å². The third-order valence-corrected chi connectivity index (χ3v) is 3.35. The molecule has 1 heterocycles. The van der Waals surface area contributed by atoms with E-state index in [1.807, 2.05) is 0 Å². The quantitative estimate of drug-likeness (QED) is 0.909. The molecule has 2 N–H and O–H groups in total. The molecule has 0 spiro atoms. The molecule has 0 atom stereocenters. The smallest absolute Gasteiger partial charge is 0.356 e. The van der Waals surface area contributed by atoms with Crippen LogP contribution in [0.3, 0.4) is 0 Å². The average molecular weight is 297 g/mol. The third kappa shape index (κ3) is 2.18. The number of carbonyl (C=O) groups is 1. The molecule has 0 aliphatic rings. The Morgan fingerprint density at radius 2 is 2.10 bits per heavy atom. The average Bonchev–Trinajstić information content (AvgIpc) is 2.76. The first kappa shape index (κ1) is 14.2. The number of methoxy groups -OCH3 is 1. The predicted octanol–water partition coefficient (Wildman–Crippen LogP) is 2.46. The summed E-state index contributed by atoms with van der Waals surface area (Å²) < 4.78 is 6.43. The topological polar surface area (TPSA) is 84.6 Å². The number of carboxylic acid groups (broad SMARTS) is 1. The standard InChI is InChI=1S/C13H13ClN2O4/c1-6-4-9(20-3)12(17)11(14)10(6)8-5-7(13(18)19)15-16(8)2/h4-5,17H,1-3H3,(H,18,19). The van der Waals surface area contributed by atoms with Crippen molar-refractivity contribution in [1.82, 2.24) is 9.78 Å². The molecule has 0 aliphatic heterocycles. The Balaban J connectivity index is 2.70. The fourth-order valence-corrected chi connectivity index (χ4v) is 2.35. The van der Waals surface area contributed by atoms with E-state index in [9.17, 15) is 9.90 Å². The molecule has 20 heavy (non-hydrogen) atoms. The third-order valence-electron chi connectivity index (χ3n) is 2.98. The van der Waals surface area contributed by atoms with Crippen molar-refractivity contribution < 1.29 is 19.7 Å². The number of aromatic nitrogens is 2. The fraction of sp³-hybridized carbons (Fsp3) is 0.231. The molecule has 2 rings (SSSR count). The van der Waals surface area contributed by atoms with Gasteiger partial charge < -0.3 is 14.9 Å². The van der Waals surface area contributed by atoms with Gasteiger partial charge in [0.1, 0.15) is 0 Å². The summed E-state index contributed by atoms with van der Waals surface area (Å²) >= 11 is 6.16. The summed E-state index contributed by atoms with van der Waals surface area (Å²) in [6.45, 7) is 1.79. The summed E-state index contributed by atoms with van der Waals surface area (Å²) in [5, 5.41) is 22.9. The first-order chi connectivity index (χ1) is 9.36. The van der Waals surface area contributed by atoms with Gasteiger partial charge in [0.2, 0.25) is 0 Å². The van der Waals surface area contributed by atoms with Crippen molar-refractivity contribution in [1.29, 1.82) is 0 Å². The van der Waals surface area contributed by atoms with Crippen LogP contribution < -0.4 is 4.74 Å². The highest BCUT2D eigenvalue weighted by atomic mass is 35.5. The van der Waals surface area contributed by atoms with Gasteiger partial charge in [-0.3, -0.25) is 4.68 Å². The van der Waals surface area contributed by atoms with Crippen LogP contribution in [0.15, 0.2) is 12.1 Å². The van der Waals surface area contributed by atoms with Crippen LogP contribution in [-0.4, -0.2) is 33.1 Å². The van der Waals surface area contributed by atoms with Gasteiger partial charge in [-0.2, -0.15) is 5.10 Å². The van der Waals surface area contributed by atoms with E-state index < -0.39 is 5.97 Å². The van der Waals surface area contributed by atoms with E-state index in [4.69, 9.17) is 21.4 Å². The highest BCUT2D eigenvalue weighted by Gasteiger charge is 2.20. The lowest BCUT2D eigenvalue weighted by atomic mass is 10.0. The minimum Gasteiger partial charge on any atom is -0.503 e. The van der Waals surface area contributed by atoms with Gasteiger partial charge in [0.25, 0.3) is 0 Å². The molecule has 0 fully saturated rings. The number of rotatable bonds is 3. The molecule has 1 aromatic heterocycles. The Morgan fingerprint density at radius 1 is 1.45 bits per heavy atom. The lowest BCUT2D eigenvalue weighted by Gasteiger charge is -2.13. The molecule has 7 heteroatoms. The molecule has 2 aromatic rings. The van der Waals surface area contributed by atoms with Crippen molar-refractivity contribution in [2.45, 2.75) is 6.92 Å². The lowest BCUT2D eigenvalue weighted by Crippen LogP contribution is -2.00. The second-order valence-electron chi connectivity index (χ2n) is 4.28. The summed E-state index contributed by atoms with van der Waals surface area (Å²) in [5.74, 6) is -1.05. The zero-order chi connectivity index (χ0) is 15.0. The van der Waals surface area contributed by atoms with E-state index >= 15 is 0 Å². The first-order valence-corrected chi connectivity index (χ1v) is 6.08. The number of hydrogen-bond donors (Lipinski definition) is 2. The number of aromatic hydroxyl groups is 1. The molecule has 0 radical (unpaired) electrons. The summed E-state index contributed by atoms with van der Waals surface area (Å²) in [5.41, 5.74) is 1.67. The Labute approximate surface area is 120 Å². The van der Waals surface area contributed by atoms with Gasteiger partial charge in [-0.25, -0.2) is 4.79 Å². The summed E-state index contributed by atoms with van der Waals surface area (Å²) in [6, 6.07) is 3.03. The molecule has 0 aliphatic carbocycles. The van der Waals surface area contributed by atoms with Crippen LogP contribution >= 0.6 is 11.6 Å². The van der Waals surface area contributed by atoms with Crippen molar-refractivity contribution in [2.75, 3.05) is 7.11 Å². The van der Waals surface area contributed by atoms with E-state index in [0.29, 0.717) is 11.3 Å². The summed E-state index contributed by atoms with van der Waals surface area (Å²) in [7, 11) is 3.04. The second kappa shape index (κ2) is 5.05. The lowest BCUT2D eigenvalue weighted by molar-refractivity contribution is 0.0689. The zero-order valence-electron chi connectivity index (χ0n) is 11.1. The molecule has 0 bridgehead atoms. The van der Waals surface area contributed by atoms with Gasteiger partial charge in [0, 0.05) is 12.6 Å². The van der Waals surface area contributed by atoms with Crippen LogP contribution in [0.2, 0.25) is 5.02 Å². The number of hydrogen-bond acceptors (Lipinski definition) is 4. The van der Waals surface area contributed by atoms with Crippen LogP contribution in [0.25, 0.3) is 11.3 Å². The van der Waals surface area contributed by atoms with E-state index in [-0.39, 0.29) is 22.2 Å². The molecule has 0 saturated heterocycles. The van der Waals surface area contributed by atoms with Gasteiger partial charge >= 0.3 is 5.97 Å². The zero-order valence-corrected chi connectivity index (χ0v) is 11.9. The number of phenolic OH excluding ortho intramolecular Hbond substituents is 1. The molecular formula is C13H13ClN2O4. The highest BCUT2D eigenvalue weighted by molar-refractivity contribution is 6.35. The number of ether oxygens (including phenoxy) is 1. The van der Waals surface area contributed by atoms with E-state index in [2.05, 4.69) is 5.10 Å². The predicted molar refractivity (Wildman–Crippen MR) is 73.6 cm³/mol. The molecule has 6 nitrogen and oxygen atoms in total. The monoisotopic (exact) mass is 296 g/mol. The van der Waals surface area contributed by atoms with Crippen LogP contribution in [-0.2, 0) is 7.05 Å². The van der Waals surface area contributed by atoms with E-state index in [0.717, 1.165) is 5.56 Å². The van der Waals surface area contributed by atoms with Crippen molar-refractivity contribution >= 4 is 17.6 Å². The molecule has 0 amide bonds. The number of phenols is 1. The molecule has 0 saturated carbocycles. The Hall–Kier alpha value is -2.21. The number of aromatic carboxylic acids is 1. The molecule has 0 unspecified atom stereocenters. The van der Waals surface area contributed by atoms with Gasteiger partial charge in [-0.15, -0.1) is 0 Å². The summed E-state index contributed by atoms with van der Waals surface area (Å²) in [6.07, 6.45) is 0. The largest absolute Gasteiger partial charge is 0.503 e. The van der Waals surface area contributed by atoms with Crippen molar-refractivity contribution in [3.63, 3.8) is 0 Å². The minimum absolute atomic E-state index is 0.0896. The van der Waals surface area contributed by atoms with Crippen LogP contribution in [0.4, 0.5) is 0 Å². The van der Waals surface area contributed by atoms with Gasteiger partial charge in [-0.1, -0.05) is 11.6 Å². The second-order valence-corrected chi connectivity index (χ2v) is 4.65. The van der Waals surface area contributed by atoms with Crippen LogP contribution in [0.1, 0.15) is 16.1 Å². The normalized spacial score (nSPS) is 10.6. The fourth-order valence-electron chi connectivity index (χ4n) is 2.01. The van der Waals surface area contributed by atoms with Crippen molar-refractivity contribution in [3.8, 4) is 22.8 Å². The first-order valence-electron chi connectivity index (χ1n) is 5.70.